The first kappa shape index (κ1) is 30.9. The highest BCUT2D eigenvalue weighted by atomic mass is 15.1. The summed E-state index contributed by atoms with van der Waals surface area (Å²) in [5.41, 5.74) is 16.4. The van der Waals surface area contributed by atoms with Crippen LogP contribution in [0.5, 0.6) is 0 Å². The standard InChI is InChI=1S/C48H43N/c1-32-17-16-25-42-46(32)39-28-27-36(31-43(39)48(42,5)6)49(44-26-15-13-22-37(44)33-18-8-7-9-19-33)45-30-35-21-11-10-20-34(35)29-40(45)38-23-12-14-24-41(38)47(2,3)4/h7-31H,1-6H3. The van der Waals surface area contributed by atoms with Gasteiger partial charge >= 0.3 is 0 Å². The number of nitrogens with zero attached hydrogens (tertiary/aromatic N) is 1. The third-order valence-electron chi connectivity index (χ3n) is 10.5. The summed E-state index contributed by atoms with van der Waals surface area (Å²) in [4.78, 5) is 2.52. The van der Waals surface area contributed by atoms with E-state index in [-0.39, 0.29) is 10.8 Å². The van der Waals surface area contributed by atoms with E-state index < -0.39 is 0 Å². The second-order valence-corrected chi connectivity index (χ2v) is 15.1. The molecule has 240 valence electrons. The summed E-state index contributed by atoms with van der Waals surface area (Å²) in [6.07, 6.45) is 0. The van der Waals surface area contributed by atoms with E-state index in [1.807, 2.05) is 0 Å². The Morgan fingerprint density at radius 2 is 1.14 bits per heavy atom. The van der Waals surface area contributed by atoms with Crippen molar-refractivity contribution in [3.05, 3.63) is 174 Å². The molecule has 0 bridgehead atoms. The van der Waals surface area contributed by atoms with Crippen LogP contribution in [0, 0.1) is 6.92 Å². The van der Waals surface area contributed by atoms with Crippen LogP contribution in [0.2, 0.25) is 0 Å². The lowest BCUT2D eigenvalue weighted by molar-refractivity contribution is 0.592. The van der Waals surface area contributed by atoms with Crippen molar-refractivity contribution in [2.45, 2.75) is 52.4 Å². The second kappa shape index (κ2) is 11.6. The van der Waals surface area contributed by atoms with Crippen LogP contribution in [-0.2, 0) is 10.8 Å². The van der Waals surface area contributed by atoms with Crippen LogP contribution in [0.3, 0.4) is 0 Å². The van der Waals surface area contributed by atoms with Gasteiger partial charge in [-0.3, -0.25) is 0 Å². The van der Waals surface area contributed by atoms with E-state index in [1.165, 1.54) is 72.1 Å². The quantitative estimate of drug-likeness (QED) is 0.182. The minimum Gasteiger partial charge on any atom is -0.309 e. The number of hydrogen-bond donors (Lipinski definition) is 0. The van der Waals surface area contributed by atoms with Gasteiger partial charge < -0.3 is 4.90 Å². The Balaban J connectivity index is 1.47. The van der Waals surface area contributed by atoms with Crippen molar-refractivity contribution in [2.24, 2.45) is 0 Å². The SMILES string of the molecule is Cc1cccc2c1-c1ccc(N(c3ccccc3-c3ccccc3)c3cc4ccccc4cc3-c3ccccc3C(C)(C)C)cc1C2(C)C. The van der Waals surface area contributed by atoms with Crippen molar-refractivity contribution in [1.29, 1.82) is 0 Å². The predicted molar refractivity (Wildman–Crippen MR) is 211 cm³/mol. The number of para-hydroxylation sites is 1. The molecule has 0 N–H and O–H groups in total. The highest BCUT2D eigenvalue weighted by molar-refractivity contribution is 6.01. The number of benzene rings is 7. The van der Waals surface area contributed by atoms with Crippen molar-refractivity contribution < 1.29 is 0 Å². The average molecular weight is 634 g/mol. The molecule has 7 aromatic rings. The zero-order valence-electron chi connectivity index (χ0n) is 29.4. The van der Waals surface area contributed by atoms with Crippen LogP contribution in [0.25, 0.3) is 44.2 Å². The van der Waals surface area contributed by atoms with Gasteiger partial charge in [0.25, 0.3) is 0 Å². The Morgan fingerprint density at radius 1 is 0.490 bits per heavy atom. The van der Waals surface area contributed by atoms with Gasteiger partial charge in [-0.05, 0) is 98.0 Å². The van der Waals surface area contributed by atoms with Crippen molar-refractivity contribution >= 4 is 27.8 Å². The van der Waals surface area contributed by atoms with Crippen LogP contribution >= 0.6 is 0 Å². The highest BCUT2D eigenvalue weighted by Crippen LogP contribution is 2.53. The minimum atomic E-state index is -0.123. The lowest BCUT2D eigenvalue weighted by atomic mass is 9.81. The van der Waals surface area contributed by atoms with Gasteiger partial charge in [-0.15, -0.1) is 0 Å². The molecule has 8 rings (SSSR count). The molecule has 7 aromatic carbocycles. The monoisotopic (exact) mass is 633 g/mol. The van der Waals surface area contributed by atoms with Gasteiger partial charge in [0, 0.05) is 22.2 Å². The molecule has 49 heavy (non-hydrogen) atoms. The fourth-order valence-corrected chi connectivity index (χ4v) is 8.04. The van der Waals surface area contributed by atoms with E-state index >= 15 is 0 Å². The summed E-state index contributed by atoms with van der Waals surface area (Å²) in [5, 5.41) is 2.46. The normalized spacial score (nSPS) is 13.3. The number of aryl methyl sites for hydroxylation is 1. The van der Waals surface area contributed by atoms with Crippen LogP contribution in [-0.4, -0.2) is 0 Å². The fraction of sp³-hybridized carbons (Fsp3) is 0.167. The first-order valence-corrected chi connectivity index (χ1v) is 17.5. The maximum Gasteiger partial charge on any atom is 0.0546 e. The smallest absolute Gasteiger partial charge is 0.0546 e. The maximum atomic E-state index is 2.52. The topological polar surface area (TPSA) is 3.24 Å². The first-order chi connectivity index (χ1) is 23.6. The lowest BCUT2D eigenvalue weighted by Crippen LogP contribution is -2.18. The molecule has 1 heteroatoms. The van der Waals surface area contributed by atoms with E-state index in [1.54, 1.807) is 0 Å². The second-order valence-electron chi connectivity index (χ2n) is 15.1. The van der Waals surface area contributed by atoms with Gasteiger partial charge in [0.1, 0.15) is 0 Å². The third-order valence-corrected chi connectivity index (χ3v) is 10.5. The average Bonchev–Trinajstić information content (AvgIpc) is 3.35. The molecule has 1 aliphatic rings. The molecule has 0 aliphatic heterocycles. The van der Waals surface area contributed by atoms with E-state index in [0.717, 1.165) is 11.4 Å². The summed E-state index contributed by atoms with van der Waals surface area (Å²) in [6, 6.07) is 56.2. The van der Waals surface area contributed by atoms with E-state index in [2.05, 4.69) is 198 Å². The first-order valence-electron chi connectivity index (χ1n) is 17.5. The molecule has 0 spiro atoms. The van der Waals surface area contributed by atoms with Crippen molar-refractivity contribution in [1.82, 2.24) is 0 Å². The van der Waals surface area contributed by atoms with Gasteiger partial charge in [-0.1, -0.05) is 156 Å². The Bertz CT molecular complexity index is 2350. The summed E-state index contributed by atoms with van der Waals surface area (Å²) >= 11 is 0. The van der Waals surface area contributed by atoms with Crippen LogP contribution in [0.15, 0.2) is 152 Å². The molecular formula is C48H43N. The van der Waals surface area contributed by atoms with Gasteiger partial charge in [0.05, 0.1) is 11.4 Å². The van der Waals surface area contributed by atoms with E-state index in [0.29, 0.717) is 0 Å². The number of rotatable bonds is 5. The van der Waals surface area contributed by atoms with E-state index in [9.17, 15) is 0 Å². The third kappa shape index (κ3) is 5.16. The molecule has 0 unspecified atom stereocenters. The Labute approximate surface area is 291 Å². The predicted octanol–water partition coefficient (Wildman–Crippen LogP) is 13.6. The molecule has 0 amide bonds. The number of hydrogen-bond acceptors (Lipinski definition) is 1. The van der Waals surface area contributed by atoms with Crippen molar-refractivity contribution in [3.8, 4) is 33.4 Å². The van der Waals surface area contributed by atoms with Gasteiger partial charge in [-0.2, -0.15) is 0 Å². The lowest BCUT2D eigenvalue weighted by Gasteiger charge is -2.33. The van der Waals surface area contributed by atoms with Crippen molar-refractivity contribution in [3.63, 3.8) is 0 Å². The minimum absolute atomic E-state index is 0.0342. The summed E-state index contributed by atoms with van der Waals surface area (Å²) in [6.45, 7) is 14.0. The molecular weight excluding hydrogens is 591 g/mol. The van der Waals surface area contributed by atoms with E-state index in [4.69, 9.17) is 0 Å². The Hall–Kier alpha value is -5.40. The Morgan fingerprint density at radius 3 is 1.90 bits per heavy atom. The summed E-state index contributed by atoms with van der Waals surface area (Å²) in [5.74, 6) is 0. The summed E-state index contributed by atoms with van der Waals surface area (Å²) < 4.78 is 0. The summed E-state index contributed by atoms with van der Waals surface area (Å²) in [7, 11) is 0. The largest absolute Gasteiger partial charge is 0.309 e. The zero-order valence-corrected chi connectivity index (χ0v) is 29.4. The van der Waals surface area contributed by atoms with Gasteiger partial charge in [0.15, 0.2) is 0 Å². The molecule has 0 saturated carbocycles. The van der Waals surface area contributed by atoms with Crippen LogP contribution < -0.4 is 4.90 Å². The van der Waals surface area contributed by atoms with Crippen LogP contribution in [0.1, 0.15) is 56.9 Å². The van der Waals surface area contributed by atoms with Gasteiger partial charge in [0.2, 0.25) is 0 Å². The molecule has 0 fully saturated rings. The van der Waals surface area contributed by atoms with Crippen molar-refractivity contribution in [2.75, 3.05) is 4.90 Å². The molecule has 1 aliphatic carbocycles. The Kier molecular flexibility index (Phi) is 7.34. The molecule has 0 atom stereocenters. The van der Waals surface area contributed by atoms with Gasteiger partial charge in [-0.25, -0.2) is 0 Å². The highest BCUT2D eigenvalue weighted by Gasteiger charge is 2.37. The number of anilines is 3. The molecule has 0 aromatic heterocycles. The molecule has 0 saturated heterocycles. The molecule has 1 nitrogen and oxygen atoms in total. The molecule has 0 radical (unpaired) electrons. The molecule has 0 heterocycles. The fourth-order valence-electron chi connectivity index (χ4n) is 8.04. The maximum absolute atomic E-state index is 2.52. The van der Waals surface area contributed by atoms with Crippen LogP contribution in [0.4, 0.5) is 17.1 Å². The zero-order chi connectivity index (χ0) is 33.9. The number of fused-ring (bicyclic) bond motifs is 4.